The molecule has 0 unspecified atom stereocenters. The van der Waals surface area contributed by atoms with Crippen molar-refractivity contribution in [2.45, 2.75) is 46.0 Å². The van der Waals surface area contributed by atoms with Crippen molar-refractivity contribution in [1.82, 2.24) is 0 Å². The Morgan fingerprint density at radius 1 is 1.12 bits per heavy atom. The zero-order chi connectivity index (χ0) is 18.5. The second-order valence-corrected chi connectivity index (χ2v) is 6.51. The number of ether oxygens (including phenoxy) is 2. The maximum atomic E-state index is 12.3. The van der Waals surface area contributed by atoms with Gasteiger partial charge in [-0.3, -0.25) is 19.2 Å². The Balaban J connectivity index is 2.90. The van der Waals surface area contributed by atoms with Crippen LogP contribution in [0.25, 0.3) is 0 Å². The first-order valence-corrected chi connectivity index (χ1v) is 7.80. The lowest BCUT2D eigenvalue weighted by Gasteiger charge is -2.35. The summed E-state index contributed by atoms with van der Waals surface area (Å²) >= 11 is 0. The smallest absolute Gasteiger partial charge is 0.316 e. The molecule has 1 atom stereocenters. The molecule has 1 aliphatic rings. The van der Waals surface area contributed by atoms with Crippen LogP contribution in [0.15, 0.2) is 11.3 Å². The summed E-state index contributed by atoms with van der Waals surface area (Å²) < 4.78 is 9.19. The Morgan fingerprint density at radius 2 is 1.71 bits per heavy atom. The standard InChI is InChI=1S/C17H24O7/c1-17(2)9-11(19)13(15(21)14(17)16(22)24-4)10(18)7-5-6-8-12(20)23-3/h14,21H,5-9H2,1-4H3/t14-/m0/s1. The van der Waals surface area contributed by atoms with E-state index in [1.807, 2.05) is 0 Å². The highest BCUT2D eigenvalue weighted by Crippen LogP contribution is 2.42. The van der Waals surface area contributed by atoms with Crippen LogP contribution in [0.1, 0.15) is 46.0 Å². The monoisotopic (exact) mass is 340 g/mol. The summed E-state index contributed by atoms with van der Waals surface area (Å²) in [7, 11) is 2.47. The van der Waals surface area contributed by atoms with Crippen molar-refractivity contribution in [2.24, 2.45) is 11.3 Å². The number of hydrogen-bond acceptors (Lipinski definition) is 7. The molecule has 0 amide bonds. The third-order valence-electron chi connectivity index (χ3n) is 4.18. The third-order valence-corrected chi connectivity index (χ3v) is 4.18. The minimum atomic E-state index is -1.05. The molecule has 7 heteroatoms. The number of carbonyl (C=O) groups excluding carboxylic acids is 4. The number of ketones is 2. The van der Waals surface area contributed by atoms with Crippen LogP contribution in [0.5, 0.6) is 0 Å². The Bertz CT molecular complexity index is 571. The van der Waals surface area contributed by atoms with E-state index in [9.17, 15) is 24.3 Å². The maximum Gasteiger partial charge on any atom is 0.316 e. The molecule has 0 aliphatic heterocycles. The van der Waals surface area contributed by atoms with Crippen molar-refractivity contribution in [3.8, 4) is 0 Å². The summed E-state index contributed by atoms with van der Waals surface area (Å²) in [6.45, 7) is 3.33. The van der Waals surface area contributed by atoms with Gasteiger partial charge in [0.1, 0.15) is 11.7 Å². The number of carbonyl (C=O) groups is 4. The van der Waals surface area contributed by atoms with Crippen LogP contribution in [0.4, 0.5) is 0 Å². The number of aliphatic hydroxyl groups excluding tert-OH is 1. The summed E-state index contributed by atoms with van der Waals surface area (Å²) in [6.07, 6.45) is 0.980. The van der Waals surface area contributed by atoms with Crippen molar-refractivity contribution >= 4 is 23.5 Å². The zero-order valence-electron chi connectivity index (χ0n) is 14.5. The average Bonchev–Trinajstić information content (AvgIpc) is 2.49. The zero-order valence-corrected chi connectivity index (χ0v) is 14.5. The maximum absolute atomic E-state index is 12.3. The van der Waals surface area contributed by atoms with Crippen LogP contribution < -0.4 is 0 Å². The van der Waals surface area contributed by atoms with Crippen LogP contribution in [0.3, 0.4) is 0 Å². The average molecular weight is 340 g/mol. The van der Waals surface area contributed by atoms with Crippen LogP contribution in [0, 0.1) is 11.3 Å². The number of hydrogen-bond donors (Lipinski definition) is 1. The summed E-state index contributed by atoms with van der Waals surface area (Å²) in [6, 6.07) is 0. The summed E-state index contributed by atoms with van der Waals surface area (Å²) in [5.74, 6) is -3.61. The van der Waals surface area contributed by atoms with Gasteiger partial charge in [-0.1, -0.05) is 13.8 Å². The van der Waals surface area contributed by atoms with Gasteiger partial charge >= 0.3 is 11.9 Å². The van der Waals surface area contributed by atoms with E-state index in [0.717, 1.165) is 0 Å². The molecule has 0 fully saturated rings. The predicted octanol–water partition coefficient (Wildman–Crippen LogP) is 1.89. The number of allylic oxidation sites excluding steroid dienone is 1. The van der Waals surface area contributed by atoms with Crippen LogP contribution in [0.2, 0.25) is 0 Å². The third kappa shape index (κ3) is 4.43. The molecule has 0 radical (unpaired) electrons. The number of aliphatic hydroxyl groups is 1. The van der Waals surface area contributed by atoms with Gasteiger partial charge in [-0.05, 0) is 18.3 Å². The number of esters is 2. The van der Waals surface area contributed by atoms with Gasteiger partial charge in [-0.15, -0.1) is 0 Å². The number of rotatable bonds is 7. The Morgan fingerprint density at radius 3 is 2.25 bits per heavy atom. The molecule has 0 spiro atoms. The van der Waals surface area contributed by atoms with Crippen molar-refractivity contribution < 1.29 is 33.8 Å². The highest BCUT2D eigenvalue weighted by molar-refractivity contribution is 6.21. The molecule has 0 saturated heterocycles. The molecule has 1 N–H and O–H groups in total. The summed E-state index contributed by atoms with van der Waals surface area (Å²) in [5.41, 5.74) is -1.15. The molecule has 134 valence electrons. The first kappa shape index (κ1) is 19.9. The molecule has 0 aromatic carbocycles. The Hall–Kier alpha value is -2.18. The van der Waals surface area contributed by atoms with Gasteiger partial charge < -0.3 is 14.6 Å². The van der Waals surface area contributed by atoms with E-state index in [1.54, 1.807) is 13.8 Å². The second-order valence-electron chi connectivity index (χ2n) is 6.51. The van der Waals surface area contributed by atoms with E-state index in [0.29, 0.717) is 12.8 Å². The molecule has 0 aromatic heterocycles. The molecule has 7 nitrogen and oxygen atoms in total. The van der Waals surface area contributed by atoms with E-state index in [2.05, 4.69) is 9.47 Å². The molecular weight excluding hydrogens is 316 g/mol. The van der Waals surface area contributed by atoms with Crippen molar-refractivity contribution in [2.75, 3.05) is 14.2 Å². The molecule has 0 saturated carbocycles. The number of methoxy groups -OCH3 is 2. The van der Waals surface area contributed by atoms with Gasteiger partial charge in [-0.25, -0.2) is 0 Å². The number of unbranched alkanes of at least 4 members (excludes halogenated alkanes) is 1. The SMILES string of the molecule is COC(=O)CCCCC(=O)C1=C(O)[C@@H](C(=O)OC)C(C)(C)CC1=O. The van der Waals surface area contributed by atoms with Gasteiger partial charge in [0.15, 0.2) is 11.6 Å². The normalized spacial score (nSPS) is 19.8. The van der Waals surface area contributed by atoms with Crippen molar-refractivity contribution in [3.05, 3.63) is 11.3 Å². The highest BCUT2D eigenvalue weighted by atomic mass is 16.5. The van der Waals surface area contributed by atoms with Gasteiger partial charge in [0.05, 0.1) is 19.8 Å². The van der Waals surface area contributed by atoms with E-state index in [4.69, 9.17) is 0 Å². The summed E-state index contributed by atoms with van der Waals surface area (Å²) in [5, 5.41) is 10.4. The number of Topliss-reactive ketones (excluding diaryl/α,β-unsaturated/α-hetero) is 2. The molecule has 0 bridgehead atoms. The minimum Gasteiger partial charge on any atom is -0.510 e. The highest BCUT2D eigenvalue weighted by Gasteiger charge is 2.48. The second kappa shape index (κ2) is 8.08. The van der Waals surface area contributed by atoms with E-state index in [-0.39, 0.29) is 30.8 Å². The fourth-order valence-electron chi connectivity index (χ4n) is 2.89. The van der Waals surface area contributed by atoms with E-state index >= 15 is 0 Å². The first-order chi connectivity index (χ1) is 11.2. The topological polar surface area (TPSA) is 107 Å². The van der Waals surface area contributed by atoms with E-state index in [1.165, 1.54) is 14.2 Å². The van der Waals surface area contributed by atoms with E-state index < -0.39 is 34.6 Å². The largest absolute Gasteiger partial charge is 0.510 e. The molecule has 24 heavy (non-hydrogen) atoms. The Labute approximate surface area is 141 Å². The molecule has 1 rings (SSSR count). The molecule has 0 heterocycles. The lowest BCUT2D eigenvalue weighted by Crippen LogP contribution is -2.41. The van der Waals surface area contributed by atoms with Gasteiger partial charge in [0, 0.05) is 19.3 Å². The van der Waals surface area contributed by atoms with Crippen molar-refractivity contribution in [1.29, 1.82) is 0 Å². The van der Waals surface area contributed by atoms with Crippen LogP contribution in [-0.2, 0) is 28.7 Å². The summed E-state index contributed by atoms with van der Waals surface area (Å²) in [4.78, 5) is 47.5. The Kier molecular flexibility index (Phi) is 6.69. The first-order valence-electron chi connectivity index (χ1n) is 7.80. The fraction of sp³-hybridized carbons (Fsp3) is 0.647. The van der Waals surface area contributed by atoms with Crippen LogP contribution in [-0.4, -0.2) is 42.8 Å². The van der Waals surface area contributed by atoms with Crippen LogP contribution >= 0.6 is 0 Å². The van der Waals surface area contributed by atoms with Crippen molar-refractivity contribution in [3.63, 3.8) is 0 Å². The predicted molar refractivity (Wildman–Crippen MR) is 84.1 cm³/mol. The van der Waals surface area contributed by atoms with Gasteiger partial charge in [-0.2, -0.15) is 0 Å². The fourth-order valence-corrected chi connectivity index (χ4v) is 2.89. The van der Waals surface area contributed by atoms with Gasteiger partial charge in [0.2, 0.25) is 0 Å². The minimum absolute atomic E-state index is 0.0104. The molecule has 0 aromatic rings. The lowest BCUT2D eigenvalue weighted by atomic mass is 9.67. The molecule has 1 aliphatic carbocycles. The molecular formula is C17H24O7. The lowest BCUT2D eigenvalue weighted by molar-refractivity contribution is -0.150. The van der Waals surface area contributed by atoms with Gasteiger partial charge in [0.25, 0.3) is 0 Å². The quantitative estimate of drug-likeness (QED) is 0.428.